The van der Waals surface area contributed by atoms with E-state index in [-0.39, 0.29) is 12.0 Å². The molecule has 1 N–H and O–H groups in total. The lowest BCUT2D eigenvalue weighted by Crippen LogP contribution is -2.47. The number of piperidine rings is 1. The SMILES string of the molecule is CCc1ccc([C@H]2CCN(C(=O)OC(C)(C)C)C[C@@H]2O)cc1. The molecule has 122 valence electrons. The third kappa shape index (κ3) is 4.23. The van der Waals surface area contributed by atoms with Gasteiger partial charge in [0.2, 0.25) is 0 Å². The molecular formula is C18H27NO3. The van der Waals surface area contributed by atoms with Crippen LogP contribution in [0.4, 0.5) is 4.79 Å². The number of ether oxygens (including phenoxy) is 1. The third-order valence-corrected chi connectivity index (χ3v) is 4.05. The lowest BCUT2D eigenvalue weighted by atomic mass is 9.87. The maximum Gasteiger partial charge on any atom is 0.410 e. The van der Waals surface area contributed by atoms with Gasteiger partial charge in [0.05, 0.1) is 12.6 Å². The summed E-state index contributed by atoms with van der Waals surface area (Å²) in [6.45, 7) is 8.63. The zero-order valence-corrected chi connectivity index (χ0v) is 14.0. The minimum atomic E-state index is -0.547. The maximum atomic E-state index is 12.1. The van der Waals surface area contributed by atoms with Crippen LogP contribution in [0.15, 0.2) is 24.3 Å². The molecule has 0 spiro atoms. The van der Waals surface area contributed by atoms with Crippen molar-refractivity contribution in [2.45, 2.75) is 58.2 Å². The van der Waals surface area contributed by atoms with Crippen LogP contribution in [0.2, 0.25) is 0 Å². The molecule has 1 heterocycles. The van der Waals surface area contributed by atoms with Gasteiger partial charge in [-0.3, -0.25) is 0 Å². The molecule has 2 atom stereocenters. The first kappa shape index (κ1) is 16.8. The Kier molecular flexibility index (Phi) is 5.12. The summed E-state index contributed by atoms with van der Waals surface area (Å²) in [6, 6.07) is 8.41. The van der Waals surface area contributed by atoms with Gasteiger partial charge >= 0.3 is 6.09 Å². The Balaban J connectivity index is 1.98. The molecule has 0 unspecified atom stereocenters. The lowest BCUT2D eigenvalue weighted by Gasteiger charge is -2.37. The van der Waals surface area contributed by atoms with E-state index in [0.717, 1.165) is 18.4 Å². The topological polar surface area (TPSA) is 49.8 Å². The van der Waals surface area contributed by atoms with E-state index in [4.69, 9.17) is 4.74 Å². The molecule has 1 amide bonds. The van der Waals surface area contributed by atoms with Crippen molar-refractivity contribution in [3.8, 4) is 0 Å². The first-order valence-corrected chi connectivity index (χ1v) is 8.05. The van der Waals surface area contributed by atoms with Crippen molar-refractivity contribution in [3.05, 3.63) is 35.4 Å². The van der Waals surface area contributed by atoms with Crippen LogP contribution in [0, 0.1) is 0 Å². The second-order valence-electron chi connectivity index (χ2n) is 6.98. The molecule has 22 heavy (non-hydrogen) atoms. The van der Waals surface area contributed by atoms with Gasteiger partial charge in [-0.2, -0.15) is 0 Å². The van der Waals surface area contributed by atoms with Crippen molar-refractivity contribution >= 4 is 6.09 Å². The van der Waals surface area contributed by atoms with Crippen LogP contribution in [-0.2, 0) is 11.2 Å². The van der Waals surface area contributed by atoms with Crippen LogP contribution in [0.5, 0.6) is 0 Å². The minimum Gasteiger partial charge on any atom is -0.444 e. The Morgan fingerprint density at radius 2 is 1.95 bits per heavy atom. The van der Waals surface area contributed by atoms with Crippen LogP contribution in [-0.4, -0.2) is 40.9 Å². The van der Waals surface area contributed by atoms with Gasteiger partial charge in [-0.1, -0.05) is 31.2 Å². The second-order valence-corrected chi connectivity index (χ2v) is 6.98. The summed E-state index contributed by atoms with van der Waals surface area (Å²) in [7, 11) is 0. The van der Waals surface area contributed by atoms with Crippen molar-refractivity contribution in [1.29, 1.82) is 0 Å². The standard InChI is InChI=1S/C18H27NO3/c1-5-13-6-8-14(9-7-13)15-10-11-19(12-16(15)20)17(21)22-18(2,3)4/h6-9,15-16,20H,5,10-12H2,1-4H3/t15-,16+/m1/s1. The van der Waals surface area contributed by atoms with Crippen LogP contribution in [0.3, 0.4) is 0 Å². The van der Waals surface area contributed by atoms with Crippen LogP contribution in [0.25, 0.3) is 0 Å². The zero-order valence-electron chi connectivity index (χ0n) is 14.0. The van der Waals surface area contributed by atoms with Gasteiger partial charge in [-0.15, -0.1) is 0 Å². The molecule has 4 heteroatoms. The van der Waals surface area contributed by atoms with Crippen LogP contribution < -0.4 is 0 Å². The largest absolute Gasteiger partial charge is 0.444 e. The summed E-state index contributed by atoms with van der Waals surface area (Å²) in [6.07, 6.45) is 0.881. The molecule has 0 saturated carbocycles. The van der Waals surface area contributed by atoms with Crippen molar-refractivity contribution in [3.63, 3.8) is 0 Å². The molecule has 1 saturated heterocycles. The van der Waals surface area contributed by atoms with Gasteiger partial charge in [-0.25, -0.2) is 4.79 Å². The average Bonchev–Trinajstić information content (AvgIpc) is 2.45. The average molecular weight is 305 g/mol. The number of aliphatic hydroxyl groups excluding tert-OH is 1. The maximum absolute atomic E-state index is 12.1. The molecule has 0 aliphatic carbocycles. The Morgan fingerprint density at radius 1 is 1.32 bits per heavy atom. The Labute approximate surface area is 133 Å². The smallest absolute Gasteiger partial charge is 0.410 e. The van der Waals surface area contributed by atoms with E-state index in [1.807, 2.05) is 20.8 Å². The third-order valence-electron chi connectivity index (χ3n) is 4.05. The van der Waals surface area contributed by atoms with Gasteiger partial charge in [0.25, 0.3) is 0 Å². The number of amides is 1. The molecule has 1 fully saturated rings. The first-order chi connectivity index (χ1) is 10.3. The Hall–Kier alpha value is -1.55. The quantitative estimate of drug-likeness (QED) is 0.911. The highest BCUT2D eigenvalue weighted by molar-refractivity contribution is 5.68. The number of hydrogen-bond donors (Lipinski definition) is 1. The lowest BCUT2D eigenvalue weighted by molar-refractivity contribution is -0.00151. The van der Waals surface area contributed by atoms with Gasteiger partial charge in [0.15, 0.2) is 0 Å². The van der Waals surface area contributed by atoms with E-state index in [2.05, 4.69) is 31.2 Å². The fraction of sp³-hybridized carbons (Fsp3) is 0.611. The molecule has 0 bridgehead atoms. The summed E-state index contributed by atoms with van der Waals surface area (Å²) in [5.41, 5.74) is 1.94. The van der Waals surface area contributed by atoms with Crippen LogP contribution in [0.1, 0.15) is 51.2 Å². The van der Waals surface area contributed by atoms with Gasteiger partial charge in [-0.05, 0) is 44.7 Å². The summed E-state index contributed by atoms with van der Waals surface area (Å²) in [4.78, 5) is 13.7. The van der Waals surface area contributed by atoms with Crippen molar-refractivity contribution in [1.82, 2.24) is 4.90 Å². The van der Waals surface area contributed by atoms with Crippen molar-refractivity contribution in [2.75, 3.05) is 13.1 Å². The number of hydrogen-bond acceptors (Lipinski definition) is 3. The highest BCUT2D eigenvalue weighted by Crippen LogP contribution is 2.29. The fourth-order valence-electron chi connectivity index (χ4n) is 2.81. The Bertz CT molecular complexity index is 504. The molecule has 1 aliphatic heterocycles. The predicted molar refractivity (Wildman–Crippen MR) is 87.0 cm³/mol. The molecule has 4 nitrogen and oxygen atoms in total. The van der Waals surface area contributed by atoms with Gasteiger partial charge in [0, 0.05) is 12.5 Å². The predicted octanol–water partition coefficient (Wildman–Crippen LogP) is 3.33. The number of aliphatic hydroxyl groups is 1. The van der Waals surface area contributed by atoms with E-state index in [9.17, 15) is 9.90 Å². The number of β-amino-alcohol motifs (C(OH)–C–C–N with tert-alkyl or cyclic N) is 1. The summed E-state index contributed by atoms with van der Waals surface area (Å²) < 4.78 is 5.37. The molecule has 1 aromatic carbocycles. The van der Waals surface area contributed by atoms with E-state index >= 15 is 0 Å². The number of benzene rings is 1. The van der Waals surface area contributed by atoms with Crippen molar-refractivity contribution < 1.29 is 14.6 Å². The van der Waals surface area contributed by atoms with Crippen molar-refractivity contribution in [2.24, 2.45) is 0 Å². The highest BCUT2D eigenvalue weighted by Gasteiger charge is 2.33. The number of aryl methyl sites for hydroxylation is 1. The first-order valence-electron chi connectivity index (χ1n) is 8.05. The second kappa shape index (κ2) is 6.69. The van der Waals surface area contributed by atoms with E-state index in [0.29, 0.717) is 13.1 Å². The summed E-state index contributed by atoms with van der Waals surface area (Å²) >= 11 is 0. The summed E-state index contributed by atoms with van der Waals surface area (Å²) in [5, 5.41) is 10.4. The van der Waals surface area contributed by atoms with Gasteiger partial charge < -0.3 is 14.7 Å². The monoisotopic (exact) mass is 305 g/mol. The van der Waals surface area contributed by atoms with E-state index in [1.54, 1.807) is 4.90 Å². The van der Waals surface area contributed by atoms with E-state index in [1.165, 1.54) is 5.56 Å². The fourth-order valence-corrected chi connectivity index (χ4v) is 2.81. The number of carbonyl (C=O) groups is 1. The molecule has 1 aromatic rings. The normalized spacial score (nSPS) is 22.5. The molecule has 0 radical (unpaired) electrons. The molecule has 1 aliphatic rings. The highest BCUT2D eigenvalue weighted by atomic mass is 16.6. The van der Waals surface area contributed by atoms with E-state index < -0.39 is 11.7 Å². The molecule has 0 aromatic heterocycles. The number of nitrogens with zero attached hydrogens (tertiary/aromatic N) is 1. The molecule has 2 rings (SSSR count). The summed E-state index contributed by atoms with van der Waals surface area (Å²) in [5.74, 6) is 0.0876. The Morgan fingerprint density at radius 3 is 2.45 bits per heavy atom. The van der Waals surface area contributed by atoms with Crippen LogP contribution >= 0.6 is 0 Å². The number of likely N-dealkylation sites (tertiary alicyclic amines) is 1. The minimum absolute atomic E-state index is 0.0876. The zero-order chi connectivity index (χ0) is 16.3. The number of rotatable bonds is 2. The number of carbonyl (C=O) groups excluding carboxylic acids is 1. The molecular weight excluding hydrogens is 278 g/mol. The van der Waals surface area contributed by atoms with Gasteiger partial charge in [0.1, 0.15) is 5.60 Å².